The summed E-state index contributed by atoms with van der Waals surface area (Å²) in [6.45, 7) is 3.31. The minimum atomic E-state index is -4.80. The normalized spacial score (nSPS) is 11.1. The van der Waals surface area contributed by atoms with Gasteiger partial charge in [0.2, 0.25) is 5.69 Å². The van der Waals surface area contributed by atoms with Gasteiger partial charge >= 0.3 is 16.1 Å². The van der Waals surface area contributed by atoms with Crippen molar-refractivity contribution >= 4 is 21.8 Å². The van der Waals surface area contributed by atoms with Crippen LogP contribution in [0, 0.1) is 17.0 Å². The molecule has 0 spiro atoms. The number of carbonyl (C=O) groups is 1. The lowest BCUT2D eigenvalue weighted by molar-refractivity contribution is -0.387. The Morgan fingerprint density at radius 1 is 1.16 bits per heavy atom. The molecule has 0 aliphatic rings. The summed E-state index contributed by atoms with van der Waals surface area (Å²) in [5.74, 6) is -1.75. The first kappa shape index (κ1) is 22.6. The van der Waals surface area contributed by atoms with Crippen LogP contribution in [0.25, 0.3) is 5.69 Å². The molecule has 3 aromatic rings. The number of hydrogen-bond acceptors (Lipinski definition) is 9. The van der Waals surface area contributed by atoms with Crippen LogP contribution in [0.2, 0.25) is 0 Å². The Hall–Kier alpha value is -4.06. The lowest BCUT2D eigenvalue weighted by Gasteiger charge is -2.12. The summed E-state index contributed by atoms with van der Waals surface area (Å²) < 4.78 is 36.2. The topological polar surface area (TPSA) is 148 Å². The molecule has 166 valence electrons. The molecule has 0 fully saturated rings. The van der Waals surface area contributed by atoms with E-state index in [1.54, 1.807) is 24.3 Å². The standard InChI is InChI=1S/C20H17N3O8S/c1-3-30-20(25)19-16(12-18(24)22(21-19)14-10-8-13(2)9-11-14)31-32(28,29)17-7-5-4-6-15(17)23(26)27/h4-12H,3H2,1-2H3. The second-order valence-corrected chi connectivity index (χ2v) is 7.94. The van der Waals surface area contributed by atoms with E-state index in [4.69, 9.17) is 8.92 Å². The Kier molecular flexibility index (Phi) is 6.35. The first-order valence-corrected chi connectivity index (χ1v) is 10.6. The average Bonchev–Trinajstić information content (AvgIpc) is 2.74. The average molecular weight is 459 g/mol. The smallest absolute Gasteiger partial charge is 0.362 e. The van der Waals surface area contributed by atoms with Gasteiger partial charge in [-0.15, -0.1) is 0 Å². The molecule has 0 unspecified atom stereocenters. The largest absolute Gasteiger partial charge is 0.461 e. The number of rotatable bonds is 7. The van der Waals surface area contributed by atoms with Gasteiger partial charge in [0.25, 0.3) is 11.2 Å². The van der Waals surface area contributed by atoms with Crippen molar-refractivity contribution < 1.29 is 27.1 Å². The van der Waals surface area contributed by atoms with E-state index < -0.39 is 48.6 Å². The Bertz CT molecular complexity index is 1350. The molecule has 0 N–H and O–H groups in total. The summed E-state index contributed by atoms with van der Waals surface area (Å²) in [6.07, 6.45) is 0. The molecule has 2 aromatic carbocycles. The number of para-hydroxylation sites is 1. The van der Waals surface area contributed by atoms with Crippen LogP contribution in [0.1, 0.15) is 23.0 Å². The molecule has 0 saturated heterocycles. The third-order valence-corrected chi connectivity index (χ3v) is 5.46. The molecule has 0 aliphatic heterocycles. The fourth-order valence-electron chi connectivity index (χ4n) is 2.70. The van der Waals surface area contributed by atoms with Crippen molar-refractivity contribution in [1.82, 2.24) is 9.78 Å². The fourth-order valence-corrected chi connectivity index (χ4v) is 3.80. The van der Waals surface area contributed by atoms with Crippen molar-refractivity contribution in [2.75, 3.05) is 6.61 Å². The van der Waals surface area contributed by atoms with E-state index in [0.29, 0.717) is 5.69 Å². The van der Waals surface area contributed by atoms with Crippen LogP contribution in [0.4, 0.5) is 5.69 Å². The van der Waals surface area contributed by atoms with Crippen LogP contribution < -0.4 is 9.74 Å². The van der Waals surface area contributed by atoms with Gasteiger partial charge < -0.3 is 8.92 Å². The van der Waals surface area contributed by atoms with E-state index in [9.17, 15) is 28.1 Å². The number of esters is 1. The van der Waals surface area contributed by atoms with Gasteiger partial charge in [0.1, 0.15) is 0 Å². The van der Waals surface area contributed by atoms with Crippen LogP contribution in [0.3, 0.4) is 0 Å². The van der Waals surface area contributed by atoms with Crippen LogP contribution in [0.5, 0.6) is 5.75 Å². The molecule has 1 aromatic heterocycles. The van der Waals surface area contributed by atoms with Crippen LogP contribution >= 0.6 is 0 Å². The lowest BCUT2D eigenvalue weighted by Crippen LogP contribution is -2.26. The molecule has 0 amide bonds. The maximum atomic E-state index is 12.7. The molecule has 0 bridgehead atoms. The van der Waals surface area contributed by atoms with Gasteiger partial charge in [-0.25, -0.2) is 4.79 Å². The Labute approximate surface area is 182 Å². The van der Waals surface area contributed by atoms with Crippen LogP contribution in [-0.4, -0.2) is 35.7 Å². The van der Waals surface area contributed by atoms with Gasteiger partial charge in [0.15, 0.2) is 10.6 Å². The molecule has 3 rings (SSSR count). The zero-order valence-corrected chi connectivity index (χ0v) is 17.7. The molecule has 11 nitrogen and oxygen atoms in total. The van der Waals surface area contributed by atoms with Crippen LogP contribution in [-0.2, 0) is 14.9 Å². The van der Waals surface area contributed by atoms with Gasteiger partial charge in [0, 0.05) is 6.07 Å². The van der Waals surface area contributed by atoms with Crippen molar-refractivity contribution in [3.8, 4) is 11.4 Å². The van der Waals surface area contributed by atoms with E-state index in [1.165, 1.54) is 19.1 Å². The SMILES string of the molecule is CCOC(=O)c1nn(-c2ccc(C)cc2)c(=O)cc1OS(=O)(=O)c1ccccc1[N+](=O)[O-]. The summed E-state index contributed by atoms with van der Waals surface area (Å²) in [5, 5.41) is 15.1. The van der Waals surface area contributed by atoms with Crippen molar-refractivity contribution in [3.63, 3.8) is 0 Å². The summed E-state index contributed by atoms with van der Waals surface area (Å²) in [6, 6.07) is 11.9. The number of nitro groups is 1. The zero-order valence-electron chi connectivity index (χ0n) is 16.9. The monoisotopic (exact) mass is 459 g/mol. The third kappa shape index (κ3) is 4.64. The predicted octanol–water partition coefficient (Wildman–Crippen LogP) is 2.39. The molecule has 0 radical (unpaired) electrons. The first-order valence-electron chi connectivity index (χ1n) is 9.20. The Balaban J connectivity index is 2.14. The fraction of sp³-hybridized carbons (Fsp3) is 0.150. The van der Waals surface area contributed by atoms with Gasteiger partial charge in [0.05, 0.1) is 23.3 Å². The quantitative estimate of drug-likeness (QED) is 0.225. The second kappa shape index (κ2) is 8.98. The van der Waals surface area contributed by atoms with E-state index in [0.717, 1.165) is 28.4 Å². The highest BCUT2D eigenvalue weighted by Gasteiger charge is 2.30. The highest BCUT2D eigenvalue weighted by Crippen LogP contribution is 2.27. The minimum Gasteiger partial charge on any atom is -0.461 e. The molecular formula is C20H17N3O8S. The van der Waals surface area contributed by atoms with Crippen LogP contribution in [0.15, 0.2) is 64.3 Å². The molecule has 0 atom stereocenters. The predicted molar refractivity (Wildman–Crippen MR) is 111 cm³/mol. The van der Waals surface area contributed by atoms with Crippen molar-refractivity contribution in [3.05, 3.63) is 86.3 Å². The Morgan fingerprint density at radius 3 is 2.44 bits per heavy atom. The Morgan fingerprint density at radius 2 is 1.81 bits per heavy atom. The van der Waals surface area contributed by atoms with Gasteiger partial charge in [-0.05, 0) is 32.0 Å². The summed E-state index contributed by atoms with van der Waals surface area (Å²) in [5.41, 5.74) is -0.878. The maximum absolute atomic E-state index is 12.7. The number of carbonyl (C=O) groups excluding carboxylic acids is 1. The minimum absolute atomic E-state index is 0.0550. The number of hydrogen-bond donors (Lipinski definition) is 0. The highest BCUT2D eigenvalue weighted by atomic mass is 32.2. The second-order valence-electron chi connectivity index (χ2n) is 6.43. The molecule has 0 aliphatic carbocycles. The van der Waals surface area contributed by atoms with E-state index in [2.05, 4.69) is 5.10 Å². The van der Waals surface area contributed by atoms with Crippen molar-refractivity contribution in [1.29, 1.82) is 0 Å². The molecule has 0 saturated carbocycles. The van der Waals surface area contributed by atoms with Gasteiger partial charge in [-0.1, -0.05) is 29.8 Å². The van der Waals surface area contributed by atoms with Gasteiger partial charge in [-0.3, -0.25) is 14.9 Å². The zero-order chi connectivity index (χ0) is 23.5. The van der Waals surface area contributed by atoms with Gasteiger partial charge in [-0.2, -0.15) is 18.2 Å². The van der Waals surface area contributed by atoms with E-state index in [-0.39, 0.29) is 6.61 Å². The summed E-state index contributed by atoms with van der Waals surface area (Å²) in [4.78, 5) is 34.6. The van der Waals surface area contributed by atoms with Crippen molar-refractivity contribution in [2.24, 2.45) is 0 Å². The molecule has 32 heavy (non-hydrogen) atoms. The number of aryl methyl sites for hydroxylation is 1. The number of nitro benzene ring substituents is 1. The van der Waals surface area contributed by atoms with E-state index in [1.807, 2.05) is 6.92 Å². The lowest BCUT2D eigenvalue weighted by atomic mass is 10.2. The summed E-state index contributed by atoms with van der Waals surface area (Å²) in [7, 11) is -4.80. The highest BCUT2D eigenvalue weighted by molar-refractivity contribution is 7.87. The number of nitrogens with zero attached hydrogens (tertiary/aromatic N) is 3. The molecular weight excluding hydrogens is 442 g/mol. The first-order chi connectivity index (χ1) is 15.1. The molecule has 12 heteroatoms. The number of aromatic nitrogens is 2. The maximum Gasteiger partial charge on any atom is 0.362 e. The molecule has 1 heterocycles. The summed E-state index contributed by atoms with van der Waals surface area (Å²) >= 11 is 0. The number of ether oxygens (including phenoxy) is 1. The van der Waals surface area contributed by atoms with Crippen molar-refractivity contribution in [2.45, 2.75) is 18.7 Å². The van der Waals surface area contributed by atoms with E-state index >= 15 is 0 Å². The third-order valence-electron chi connectivity index (χ3n) is 4.17. The number of benzene rings is 2.